The first-order valence-electron chi connectivity index (χ1n) is 7.71. The third-order valence-electron chi connectivity index (χ3n) is 4.47. The van der Waals surface area contributed by atoms with Gasteiger partial charge in [-0.05, 0) is 42.9 Å². The normalized spacial score (nSPS) is 18.4. The lowest BCUT2D eigenvalue weighted by atomic mass is 9.76. The predicted octanol–water partition coefficient (Wildman–Crippen LogP) is 3.07. The van der Waals surface area contributed by atoms with Gasteiger partial charge in [0.1, 0.15) is 0 Å². The number of carbonyl (C=O) groups excluding carboxylic acids is 1. The number of aliphatic carboxylic acids is 1. The van der Waals surface area contributed by atoms with E-state index < -0.39 is 5.97 Å². The summed E-state index contributed by atoms with van der Waals surface area (Å²) in [5.74, 6) is 0.432. The van der Waals surface area contributed by atoms with Crippen molar-refractivity contribution in [3.8, 4) is 0 Å². The number of amides is 1. The van der Waals surface area contributed by atoms with Crippen molar-refractivity contribution in [3.05, 3.63) is 0 Å². The number of hydrogen-bond donors (Lipinski definition) is 2. The van der Waals surface area contributed by atoms with Crippen LogP contribution in [0.25, 0.3) is 0 Å². The summed E-state index contributed by atoms with van der Waals surface area (Å²) >= 11 is 0. The van der Waals surface area contributed by atoms with Gasteiger partial charge in [0, 0.05) is 18.9 Å². The Morgan fingerprint density at radius 1 is 1.25 bits per heavy atom. The van der Waals surface area contributed by atoms with E-state index in [1.54, 1.807) is 0 Å². The first-order valence-corrected chi connectivity index (χ1v) is 7.71. The number of nitrogens with one attached hydrogen (secondary N) is 1. The second kappa shape index (κ2) is 7.09. The van der Waals surface area contributed by atoms with Crippen molar-refractivity contribution in [2.75, 3.05) is 6.54 Å². The van der Waals surface area contributed by atoms with Crippen LogP contribution in [0.15, 0.2) is 0 Å². The molecule has 0 aromatic heterocycles. The first kappa shape index (κ1) is 17.0. The molecule has 1 rings (SSSR count). The molecule has 0 radical (unpaired) electrons. The molecule has 116 valence electrons. The van der Waals surface area contributed by atoms with E-state index >= 15 is 0 Å². The van der Waals surface area contributed by atoms with Gasteiger partial charge in [-0.2, -0.15) is 0 Å². The summed E-state index contributed by atoms with van der Waals surface area (Å²) in [7, 11) is 0. The predicted molar refractivity (Wildman–Crippen MR) is 79.3 cm³/mol. The summed E-state index contributed by atoms with van der Waals surface area (Å²) in [6.45, 7) is 9.05. The standard InChI is InChI=1S/C16H29NO3/c1-11(12-5-6-12)15(20)17-10-9-13(16(2,3)4)7-8-14(18)19/h11-13H,5-10H2,1-4H3,(H,17,20)(H,18,19). The van der Waals surface area contributed by atoms with Crippen molar-refractivity contribution in [2.45, 2.75) is 59.8 Å². The van der Waals surface area contributed by atoms with Gasteiger partial charge in [-0.15, -0.1) is 0 Å². The average molecular weight is 283 g/mol. The largest absolute Gasteiger partial charge is 0.481 e. The minimum absolute atomic E-state index is 0.0717. The number of rotatable bonds is 8. The van der Waals surface area contributed by atoms with E-state index in [9.17, 15) is 9.59 Å². The van der Waals surface area contributed by atoms with Gasteiger partial charge in [-0.3, -0.25) is 9.59 Å². The van der Waals surface area contributed by atoms with Crippen LogP contribution in [0.4, 0.5) is 0 Å². The van der Waals surface area contributed by atoms with E-state index in [2.05, 4.69) is 26.1 Å². The van der Waals surface area contributed by atoms with E-state index in [-0.39, 0.29) is 23.7 Å². The zero-order valence-electron chi connectivity index (χ0n) is 13.2. The Bertz CT molecular complexity index is 342. The van der Waals surface area contributed by atoms with E-state index in [0.717, 1.165) is 6.42 Å². The second-order valence-electron chi connectivity index (χ2n) is 7.20. The van der Waals surface area contributed by atoms with Crippen molar-refractivity contribution in [3.63, 3.8) is 0 Å². The number of hydrogen-bond acceptors (Lipinski definition) is 2. The third kappa shape index (κ3) is 5.93. The van der Waals surface area contributed by atoms with Crippen LogP contribution in [0, 0.1) is 23.2 Å². The molecule has 0 aliphatic heterocycles. The molecule has 1 aliphatic rings. The quantitative estimate of drug-likeness (QED) is 0.719. The van der Waals surface area contributed by atoms with E-state index in [0.29, 0.717) is 24.8 Å². The Labute approximate surface area is 122 Å². The molecule has 1 aliphatic carbocycles. The van der Waals surface area contributed by atoms with Gasteiger partial charge in [0.15, 0.2) is 0 Å². The van der Waals surface area contributed by atoms with Crippen molar-refractivity contribution in [1.29, 1.82) is 0 Å². The Balaban J connectivity index is 2.33. The second-order valence-corrected chi connectivity index (χ2v) is 7.20. The molecule has 1 amide bonds. The van der Waals surface area contributed by atoms with Crippen molar-refractivity contribution < 1.29 is 14.7 Å². The Morgan fingerprint density at radius 3 is 2.30 bits per heavy atom. The molecule has 2 N–H and O–H groups in total. The van der Waals surface area contributed by atoms with Crippen LogP contribution in [-0.2, 0) is 9.59 Å². The maximum absolute atomic E-state index is 11.9. The smallest absolute Gasteiger partial charge is 0.303 e. The van der Waals surface area contributed by atoms with Gasteiger partial charge in [0.2, 0.25) is 5.91 Å². The Kier molecular flexibility index (Phi) is 6.03. The molecule has 1 fully saturated rings. The Morgan fingerprint density at radius 2 is 1.85 bits per heavy atom. The van der Waals surface area contributed by atoms with E-state index in [4.69, 9.17) is 5.11 Å². The first-order chi connectivity index (χ1) is 9.21. The van der Waals surface area contributed by atoms with Gasteiger partial charge in [-0.25, -0.2) is 0 Å². The maximum Gasteiger partial charge on any atom is 0.303 e. The van der Waals surface area contributed by atoms with Crippen LogP contribution in [0.5, 0.6) is 0 Å². The highest BCUT2D eigenvalue weighted by atomic mass is 16.4. The molecule has 0 saturated heterocycles. The van der Waals surface area contributed by atoms with E-state index in [1.807, 2.05) is 6.92 Å². The minimum Gasteiger partial charge on any atom is -0.481 e. The van der Waals surface area contributed by atoms with Gasteiger partial charge in [0.05, 0.1) is 0 Å². The Hall–Kier alpha value is -1.06. The lowest BCUT2D eigenvalue weighted by Gasteiger charge is -2.30. The molecule has 4 heteroatoms. The van der Waals surface area contributed by atoms with Crippen molar-refractivity contribution >= 4 is 11.9 Å². The summed E-state index contributed by atoms with van der Waals surface area (Å²) in [5, 5.41) is 11.8. The highest BCUT2D eigenvalue weighted by Crippen LogP contribution is 2.36. The van der Waals surface area contributed by atoms with Crippen LogP contribution < -0.4 is 5.32 Å². The summed E-state index contributed by atoms with van der Waals surface area (Å²) in [6, 6.07) is 0. The molecule has 20 heavy (non-hydrogen) atoms. The maximum atomic E-state index is 11.9. The third-order valence-corrected chi connectivity index (χ3v) is 4.47. The molecular formula is C16H29NO3. The summed E-state index contributed by atoms with van der Waals surface area (Å²) < 4.78 is 0. The molecular weight excluding hydrogens is 254 g/mol. The monoisotopic (exact) mass is 283 g/mol. The van der Waals surface area contributed by atoms with Crippen LogP contribution >= 0.6 is 0 Å². The molecule has 0 aromatic carbocycles. The van der Waals surface area contributed by atoms with Crippen molar-refractivity contribution in [1.82, 2.24) is 5.32 Å². The molecule has 1 saturated carbocycles. The fourth-order valence-corrected chi connectivity index (χ4v) is 2.65. The zero-order valence-corrected chi connectivity index (χ0v) is 13.2. The average Bonchev–Trinajstić information content (AvgIpc) is 3.14. The number of carbonyl (C=O) groups is 2. The van der Waals surface area contributed by atoms with Gasteiger partial charge < -0.3 is 10.4 Å². The molecule has 0 spiro atoms. The van der Waals surface area contributed by atoms with E-state index in [1.165, 1.54) is 12.8 Å². The SMILES string of the molecule is CC(C(=O)NCCC(CCC(=O)O)C(C)(C)C)C1CC1. The van der Waals surface area contributed by atoms with Crippen molar-refractivity contribution in [2.24, 2.45) is 23.2 Å². The summed E-state index contributed by atoms with van der Waals surface area (Å²) in [5.41, 5.74) is 0.0717. The van der Waals surface area contributed by atoms with Gasteiger partial charge >= 0.3 is 5.97 Å². The van der Waals surface area contributed by atoms with Crippen LogP contribution in [0.3, 0.4) is 0 Å². The topological polar surface area (TPSA) is 66.4 Å². The van der Waals surface area contributed by atoms with Gasteiger partial charge in [-0.1, -0.05) is 27.7 Å². The van der Waals surface area contributed by atoms with Crippen LogP contribution in [-0.4, -0.2) is 23.5 Å². The summed E-state index contributed by atoms with van der Waals surface area (Å²) in [4.78, 5) is 22.6. The fourth-order valence-electron chi connectivity index (χ4n) is 2.65. The fraction of sp³-hybridized carbons (Fsp3) is 0.875. The lowest BCUT2D eigenvalue weighted by Crippen LogP contribution is -2.33. The number of carboxylic acids is 1. The zero-order chi connectivity index (χ0) is 15.3. The van der Waals surface area contributed by atoms with Crippen LogP contribution in [0.1, 0.15) is 59.8 Å². The molecule has 0 aromatic rings. The lowest BCUT2D eigenvalue weighted by molar-refractivity contribution is -0.137. The highest BCUT2D eigenvalue weighted by Gasteiger charge is 2.32. The summed E-state index contributed by atoms with van der Waals surface area (Å²) in [6.07, 6.45) is 4.08. The highest BCUT2D eigenvalue weighted by molar-refractivity contribution is 5.78. The molecule has 2 atom stereocenters. The molecule has 0 bridgehead atoms. The van der Waals surface area contributed by atoms with Crippen LogP contribution in [0.2, 0.25) is 0 Å². The molecule has 2 unspecified atom stereocenters. The minimum atomic E-state index is -0.745. The molecule has 0 heterocycles. The number of carboxylic acid groups (broad SMARTS) is 1. The van der Waals surface area contributed by atoms with Gasteiger partial charge in [0.25, 0.3) is 0 Å². The molecule has 4 nitrogen and oxygen atoms in total.